The van der Waals surface area contributed by atoms with Crippen molar-refractivity contribution in [3.63, 3.8) is 0 Å². The van der Waals surface area contributed by atoms with Gasteiger partial charge in [-0.25, -0.2) is 4.39 Å². The molecule has 0 radical (unpaired) electrons. The van der Waals surface area contributed by atoms with Crippen molar-refractivity contribution >= 4 is 23.4 Å². The van der Waals surface area contributed by atoms with E-state index in [4.69, 9.17) is 17.3 Å². The van der Waals surface area contributed by atoms with Crippen LogP contribution in [0.1, 0.15) is 11.1 Å². The molecule has 1 nitrogen and oxygen atoms in total. The van der Waals surface area contributed by atoms with Crippen LogP contribution in [0.4, 0.5) is 4.39 Å². The quantitative estimate of drug-likeness (QED) is 0.849. The summed E-state index contributed by atoms with van der Waals surface area (Å²) in [6, 6.07) is 12.7. The second kappa shape index (κ2) is 6.23. The van der Waals surface area contributed by atoms with E-state index in [1.165, 1.54) is 6.07 Å². The molecule has 0 aliphatic carbocycles. The minimum absolute atomic E-state index is 0.201. The fourth-order valence-electron chi connectivity index (χ4n) is 1.55. The van der Waals surface area contributed by atoms with Crippen LogP contribution in [-0.4, -0.2) is 0 Å². The first kappa shape index (κ1) is 13.4. The SMILES string of the molecule is NCc1ccc(CSc2cccc(Cl)c2)c(F)c1. The minimum atomic E-state index is -0.201. The average molecular weight is 282 g/mol. The normalized spacial score (nSPS) is 10.6. The van der Waals surface area contributed by atoms with Crippen molar-refractivity contribution in [2.45, 2.75) is 17.2 Å². The third-order valence-corrected chi connectivity index (χ3v) is 3.82. The van der Waals surface area contributed by atoms with Crippen LogP contribution in [0.15, 0.2) is 47.4 Å². The second-order valence-corrected chi connectivity index (χ2v) is 5.36. The van der Waals surface area contributed by atoms with Crippen molar-refractivity contribution in [2.24, 2.45) is 5.73 Å². The summed E-state index contributed by atoms with van der Waals surface area (Å²) >= 11 is 7.46. The third-order valence-electron chi connectivity index (χ3n) is 2.54. The van der Waals surface area contributed by atoms with E-state index in [1.807, 2.05) is 30.3 Å². The van der Waals surface area contributed by atoms with Crippen LogP contribution in [0.25, 0.3) is 0 Å². The highest BCUT2D eigenvalue weighted by Crippen LogP contribution is 2.26. The van der Waals surface area contributed by atoms with Crippen LogP contribution in [0.5, 0.6) is 0 Å². The highest BCUT2D eigenvalue weighted by Gasteiger charge is 2.04. The fourth-order valence-corrected chi connectivity index (χ4v) is 2.75. The van der Waals surface area contributed by atoms with Gasteiger partial charge in [0.15, 0.2) is 0 Å². The van der Waals surface area contributed by atoms with Gasteiger partial charge in [-0.3, -0.25) is 0 Å². The molecule has 0 bridgehead atoms. The molecule has 0 fully saturated rings. The molecule has 2 N–H and O–H groups in total. The van der Waals surface area contributed by atoms with E-state index in [-0.39, 0.29) is 5.82 Å². The molecule has 0 aliphatic heterocycles. The molecule has 2 aromatic carbocycles. The van der Waals surface area contributed by atoms with Crippen LogP contribution in [0, 0.1) is 5.82 Å². The maximum atomic E-state index is 13.7. The summed E-state index contributed by atoms with van der Waals surface area (Å²) in [6.45, 7) is 0.360. The smallest absolute Gasteiger partial charge is 0.127 e. The summed E-state index contributed by atoms with van der Waals surface area (Å²) in [4.78, 5) is 1.03. The van der Waals surface area contributed by atoms with Crippen molar-refractivity contribution in [1.82, 2.24) is 0 Å². The van der Waals surface area contributed by atoms with Crippen molar-refractivity contribution in [3.8, 4) is 0 Å². The Bertz CT molecular complexity index is 545. The zero-order valence-electron chi connectivity index (χ0n) is 9.70. The number of hydrogen-bond acceptors (Lipinski definition) is 2. The summed E-state index contributed by atoms with van der Waals surface area (Å²) in [5.74, 6) is 0.379. The molecular formula is C14H13ClFNS. The topological polar surface area (TPSA) is 26.0 Å². The van der Waals surface area contributed by atoms with E-state index in [1.54, 1.807) is 17.8 Å². The Balaban J connectivity index is 2.06. The molecular weight excluding hydrogens is 269 g/mol. The highest BCUT2D eigenvalue weighted by atomic mass is 35.5. The first-order chi connectivity index (χ1) is 8.69. The third kappa shape index (κ3) is 3.48. The van der Waals surface area contributed by atoms with Crippen molar-refractivity contribution in [3.05, 3.63) is 64.4 Å². The van der Waals surface area contributed by atoms with E-state index in [0.29, 0.717) is 22.9 Å². The summed E-state index contributed by atoms with van der Waals surface area (Å²) < 4.78 is 13.7. The molecule has 0 aliphatic rings. The van der Waals surface area contributed by atoms with Gasteiger partial charge in [0.05, 0.1) is 0 Å². The van der Waals surface area contributed by atoms with Gasteiger partial charge >= 0.3 is 0 Å². The molecule has 0 amide bonds. The molecule has 0 unspecified atom stereocenters. The van der Waals surface area contributed by atoms with E-state index in [0.717, 1.165) is 10.5 Å². The number of hydrogen-bond donors (Lipinski definition) is 1. The predicted molar refractivity (Wildman–Crippen MR) is 75.3 cm³/mol. The lowest BCUT2D eigenvalue weighted by Crippen LogP contribution is -1.98. The molecule has 4 heteroatoms. The largest absolute Gasteiger partial charge is 0.326 e. The Morgan fingerprint density at radius 1 is 1.17 bits per heavy atom. The first-order valence-corrected chi connectivity index (χ1v) is 6.91. The first-order valence-electron chi connectivity index (χ1n) is 5.55. The van der Waals surface area contributed by atoms with Gasteiger partial charge in [-0.15, -0.1) is 11.8 Å². The van der Waals surface area contributed by atoms with Gasteiger partial charge in [0.2, 0.25) is 0 Å². The molecule has 0 aromatic heterocycles. The molecule has 0 heterocycles. The van der Waals surface area contributed by atoms with Gasteiger partial charge in [0.25, 0.3) is 0 Å². The summed E-state index contributed by atoms with van der Waals surface area (Å²) in [5, 5.41) is 0.693. The van der Waals surface area contributed by atoms with Crippen molar-refractivity contribution in [2.75, 3.05) is 0 Å². The van der Waals surface area contributed by atoms with Gasteiger partial charge < -0.3 is 5.73 Å². The maximum absolute atomic E-state index is 13.7. The lowest BCUT2D eigenvalue weighted by molar-refractivity contribution is 0.615. The van der Waals surface area contributed by atoms with E-state index < -0.39 is 0 Å². The van der Waals surface area contributed by atoms with E-state index in [2.05, 4.69) is 0 Å². The molecule has 2 aromatic rings. The van der Waals surface area contributed by atoms with Gasteiger partial charge in [0, 0.05) is 22.2 Å². The summed E-state index contributed by atoms with van der Waals surface area (Å²) in [7, 11) is 0. The lowest BCUT2D eigenvalue weighted by Gasteiger charge is -2.05. The molecule has 18 heavy (non-hydrogen) atoms. The van der Waals surface area contributed by atoms with E-state index >= 15 is 0 Å². The highest BCUT2D eigenvalue weighted by molar-refractivity contribution is 7.98. The molecule has 0 saturated carbocycles. The number of thioether (sulfide) groups is 1. The number of halogens is 2. The summed E-state index contributed by atoms with van der Waals surface area (Å²) in [6.07, 6.45) is 0. The number of benzene rings is 2. The van der Waals surface area contributed by atoms with Gasteiger partial charge in [-0.1, -0.05) is 29.8 Å². The Hall–Kier alpha value is -1.03. The lowest BCUT2D eigenvalue weighted by atomic mass is 10.1. The zero-order chi connectivity index (χ0) is 13.0. The second-order valence-electron chi connectivity index (χ2n) is 3.88. The molecule has 0 saturated heterocycles. The molecule has 2 rings (SSSR count). The maximum Gasteiger partial charge on any atom is 0.127 e. The number of nitrogens with two attached hydrogens (primary N) is 1. The summed E-state index contributed by atoms with van der Waals surface area (Å²) in [5.41, 5.74) is 6.95. The Morgan fingerprint density at radius 3 is 2.67 bits per heavy atom. The average Bonchev–Trinajstić information content (AvgIpc) is 2.37. The Kier molecular flexibility index (Phi) is 4.64. The predicted octanol–water partition coefficient (Wildman–Crippen LogP) is 4.23. The van der Waals surface area contributed by atoms with Crippen LogP contribution >= 0.6 is 23.4 Å². The Labute approximate surface area is 115 Å². The minimum Gasteiger partial charge on any atom is -0.326 e. The van der Waals surface area contributed by atoms with Crippen LogP contribution in [0.2, 0.25) is 5.02 Å². The fraction of sp³-hybridized carbons (Fsp3) is 0.143. The monoisotopic (exact) mass is 281 g/mol. The van der Waals surface area contributed by atoms with Crippen LogP contribution < -0.4 is 5.73 Å². The molecule has 0 spiro atoms. The zero-order valence-corrected chi connectivity index (χ0v) is 11.3. The Morgan fingerprint density at radius 2 is 2.00 bits per heavy atom. The van der Waals surface area contributed by atoms with Gasteiger partial charge in [-0.05, 0) is 35.4 Å². The van der Waals surface area contributed by atoms with Crippen molar-refractivity contribution in [1.29, 1.82) is 0 Å². The van der Waals surface area contributed by atoms with Crippen LogP contribution in [-0.2, 0) is 12.3 Å². The number of rotatable bonds is 4. The van der Waals surface area contributed by atoms with Gasteiger partial charge in [-0.2, -0.15) is 0 Å². The van der Waals surface area contributed by atoms with Crippen LogP contribution in [0.3, 0.4) is 0 Å². The van der Waals surface area contributed by atoms with Crippen molar-refractivity contribution < 1.29 is 4.39 Å². The van der Waals surface area contributed by atoms with Gasteiger partial charge in [0.1, 0.15) is 5.82 Å². The molecule has 94 valence electrons. The standard InChI is InChI=1S/C14H13ClFNS/c15-12-2-1-3-13(7-12)18-9-11-5-4-10(8-17)6-14(11)16/h1-7H,8-9,17H2. The van der Waals surface area contributed by atoms with E-state index in [9.17, 15) is 4.39 Å². The molecule has 0 atom stereocenters.